The Labute approximate surface area is 131 Å². The predicted molar refractivity (Wildman–Crippen MR) is 94.5 cm³/mol. The molecule has 22 heavy (non-hydrogen) atoms. The van der Waals surface area contributed by atoms with Crippen molar-refractivity contribution in [3.8, 4) is 11.1 Å². The number of rotatable bonds is 3. The van der Waals surface area contributed by atoms with E-state index in [4.69, 9.17) is 5.73 Å². The van der Waals surface area contributed by atoms with E-state index in [2.05, 4.69) is 54.0 Å². The maximum absolute atomic E-state index is 6.41. The van der Waals surface area contributed by atoms with Crippen LogP contribution in [0.15, 0.2) is 61.3 Å². The van der Waals surface area contributed by atoms with Crippen LogP contribution < -0.4 is 5.73 Å². The van der Waals surface area contributed by atoms with Gasteiger partial charge in [0, 0.05) is 22.7 Å². The molecule has 0 radical (unpaired) electrons. The molecular weight excluding hydrogens is 268 g/mol. The summed E-state index contributed by atoms with van der Waals surface area (Å²) in [5, 5.41) is 1.13. The first-order valence-corrected chi connectivity index (χ1v) is 7.40. The summed E-state index contributed by atoms with van der Waals surface area (Å²) >= 11 is 0. The van der Waals surface area contributed by atoms with Gasteiger partial charge < -0.3 is 5.73 Å². The molecule has 2 heteroatoms. The van der Waals surface area contributed by atoms with Crippen molar-refractivity contribution in [2.24, 2.45) is 5.73 Å². The van der Waals surface area contributed by atoms with Gasteiger partial charge in [0.15, 0.2) is 0 Å². The highest BCUT2D eigenvalue weighted by Gasteiger charge is 2.20. The van der Waals surface area contributed by atoms with Crippen LogP contribution in [-0.4, -0.2) is 4.98 Å². The Balaban J connectivity index is 2.33. The van der Waals surface area contributed by atoms with E-state index in [0.717, 1.165) is 33.2 Å². The molecule has 110 valence electrons. The summed E-state index contributed by atoms with van der Waals surface area (Å²) in [6.07, 6.45) is 3.68. The third kappa shape index (κ3) is 2.53. The topological polar surface area (TPSA) is 38.9 Å². The number of benzene rings is 2. The van der Waals surface area contributed by atoms with Crippen LogP contribution in [0.1, 0.15) is 25.0 Å². The largest absolute Gasteiger partial charge is 0.322 e. The first-order valence-electron chi connectivity index (χ1n) is 7.40. The van der Waals surface area contributed by atoms with Crippen molar-refractivity contribution >= 4 is 17.0 Å². The highest BCUT2D eigenvalue weighted by Crippen LogP contribution is 2.34. The van der Waals surface area contributed by atoms with Crippen LogP contribution >= 0.6 is 0 Å². The lowest BCUT2D eigenvalue weighted by molar-refractivity contribution is 0.556. The first-order chi connectivity index (χ1) is 10.5. The first kappa shape index (κ1) is 14.5. The molecule has 3 rings (SSSR count). The summed E-state index contributed by atoms with van der Waals surface area (Å²) in [6.45, 7) is 7.90. The van der Waals surface area contributed by atoms with Gasteiger partial charge in [-0.1, -0.05) is 49.1 Å². The summed E-state index contributed by atoms with van der Waals surface area (Å²) in [6, 6.07) is 16.6. The van der Waals surface area contributed by atoms with Crippen LogP contribution in [0.25, 0.3) is 28.1 Å². The molecule has 1 aromatic heterocycles. The maximum atomic E-state index is 6.41. The van der Waals surface area contributed by atoms with E-state index < -0.39 is 5.54 Å². The minimum Gasteiger partial charge on any atom is -0.322 e. The fourth-order valence-corrected chi connectivity index (χ4v) is 2.78. The molecular formula is C20H20N2. The van der Waals surface area contributed by atoms with E-state index in [0.29, 0.717) is 0 Å². The quantitative estimate of drug-likeness (QED) is 0.756. The SMILES string of the molecule is C=Cc1ccc(-c2cccc3cccnc23)c(C(C)(C)N)c1. The molecule has 1 heterocycles. The Kier molecular flexibility index (Phi) is 3.55. The zero-order valence-electron chi connectivity index (χ0n) is 13.0. The van der Waals surface area contributed by atoms with Crippen molar-refractivity contribution in [2.75, 3.05) is 0 Å². The Morgan fingerprint density at radius 2 is 1.82 bits per heavy atom. The Hall–Kier alpha value is -2.45. The number of fused-ring (bicyclic) bond motifs is 1. The molecule has 0 saturated carbocycles. The van der Waals surface area contributed by atoms with Gasteiger partial charge in [-0.05, 0) is 42.7 Å². The lowest BCUT2D eigenvalue weighted by Crippen LogP contribution is -2.29. The van der Waals surface area contributed by atoms with E-state index in [1.807, 2.05) is 32.2 Å². The minimum absolute atomic E-state index is 0.439. The third-order valence-electron chi connectivity index (χ3n) is 3.90. The lowest BCUT2D eigenvalue weighted by Gasteiger charge is -2.24. The van der Waals surface area contributed by atoms with E-state index in [9.17, 15) is 0 Å². The molecule has 0 bridgehead atoms. The molecule has 2 nitrogen and oxygen atoms in total. The standard InChI is InChI=1S/C20H20N2/c1-4-14-10-11-16(18(13-14)20(2,3)21)17-9-5-7-15-8-6-12-22-19(15)17/h4-13H,1,21H2,2-3H3. The highest BCUT2D eigenvalue weighted by atomic mass is 14.7. The number of hydrogen-bond acceptors (Lipinski definition) is 2. The molecule has 0 saturated heterocycles. The van der Waals surface area contributed by atoms with Crippen LogP contribution in [0, 0.1) is 0 Å². The molecule has 0 spiro atoms. The second kappa shape index (κ2) is 5.39. The van der Waals surface area contributed by atoms with Gasteiger partial charge in [0.2, 0.25) is 0 Å². The zero-order chi connectivity index (χ0) is 15.7. The average molecular weight is 288 g/mol. The summed E-state index contributed by atoms with van der Waals surface area (Å²) in [5.41, 5.74) is 11.4. The van der Waals surface area contributed by atoms with Crippen molar-refractivity contribution in [3.63, 3.8) is 0 Å². The van der Waals surface area contributed by atoms with Gasteiger partial charge in [-0.25, -0.2) is 0 Å². The molecule has 0 unspecified atom stereocenters. The van der Waals surface area contributed by atoms with E-state index in [-0.39, 0.29) is 0 Å². The molecule has 0 amide bonds. The van der Waals surface area contributed by atoms with Gasteiger partial charge in [-0.3, -0.25) is 4.98 Å². The Morgan fingerprint density at radius 1 is 1.05 bits per heavy atom. The van der Waals surface area contributed by atoms with Crippen molar-refractivity contribution in [1.29, 1.82) is 0 Å². The van der Waals surface area contributed by atoms with E-state index in [1.165, 1.54) is 0 Å². The Morgan fingerprint density at radius 3 is 2.55 bits per heavy atom. The van der Waals surface area contributed by atoms with Gasteiger partial charge >= 0.3 is 0 Å². The van der Waals surface area contributed by atoms with Crippen molar-refractivity contribution in [1.82, 2.24) is 4.98 Å². The maximum Gasteiger partial charge on any atom is 0.0780 e. The number of hydrogen-bond donors (Lipinski definition) is 1. The molecule has 0 fully saturated rings. The van der Waals surface area contributed by atoms with Gasteiger partial charge in [-0.15, -0.1) is 0 Å². The number of para-hydroxylation sites is 1. The fraction of sp³-hybridized carbons (Fsp3) is 0.150. The molecule has 2 N–H and O–H groups in total. The zero-order valence-corrected chi connectivity index (χ0v) is 13.0. The molecule has 3 aromatic rings. The van der Waals surface area contributed by atoms with Gasteiger partial charge in [0.1, 0.15) is 0 Å². The van der Waals surface area contributed by atoms with Crippen LogP contribution in [0.5, 0.6) is 0 Å². The second-order valence-electron chi connectivity index (χ2n) is 6.11. The molecule has 0 aliphatic carbocycles. The van der Waals surface area contributed by atoms with Crippen LogP contribution in [0.2, 0.25) is 0 Å². The van der Waals surface area contributed by atoms with Crippen LogP contribution in [-0.2, 0) is 5.54 Å². The van der Waals surface area contributed by atoms with Crippen molar-refractivity contribution < 1.29 is 0 Å². The summed E-state index contributed by atoms with van der Waals surface area (Å²) in [5.74, 6) is 0. The molecule has 0 atom stereocenters. The van der Waals surface area contributed by atoms with E-state index in [1.54, 1.807) is 0 Å². The second-order valence-corrected chi connectivity index (χ2v) is 6.11. The van der Waals surface area contributed by atoms with Gasteiger partial charge in [0.25, 0.3) is 0 Å². The van der Waals surface area contributed by atoms with E-state index >= 15 is 0 Å². The van der Waals surface area contributed by atoms with Crippen LogP contribution in [0.4, 0.5) is 0 Å². The van der Waals surface area contributed by atoms with Crippen molar-refractivity contribution in [3.05, 3.63) is 72.4 Å². The van der Waals surface area contributed by atoms with Gasteiger partial charge in [-0.2, -0.15) is 0 Å². The lowest BCUT2D eigenvalue weighted by atomic mass is 9.86. The summed E-state index contributed by atoms with van der Waals surface area (Å²) < 4.78 is 0. The van der Waals surface area contributed by atoms with Crippen LogP contribution in [0.3, 0.4) is 0 Å². The molecule has 2 aromatic carbocycles. The average Bonchev–Trinajstić information content (AvgIpc) is 2.53. The normalized spacial score (nSPS) is 11.6. The monoisotopic (exact) mass is 288 g/mol. The fourth-order valence-electron chi connectivity index (χ4n) is 2.78. The highest BCUT2D eigenvalue weighted by molar-refractivity contribution is 5.94. The Bertz CT molecular complexity index is 836. The summed E-state index contributed by atoms with van der Waals surface area (Å²) in [7, 11) is 0. The molecule has 0 aliphatic heterocycles. The number of pyridine rings is 1. The van der Waals surface area contributed by atoms with Gasteiger partial charge in [0.05, 0.1) is 5.52 Å². The number of nitrogens with two attached hydrogens (primary N) is 1. The number of nitrogens with zero attached hydrogens (tertiary/aromatic N) is 1. The smallest absolute Gasteiger partial charge is 0.0780 e. The minimum atomic E-state index is -0.439. The number of aromatic nitrogens is 1. The predicted octanol–water partition coefficient (Wildman–Crippen LogP) is 4.74. The molecule has 0 aliphatic rings. The summed E-state index contributed by atoms with van der Waals surface area (Å²) in [4.78, 5) is 4.56. The van der Waals surface area contributed by atoms with Crippen molar-refractivity contribution in [2.45, 2.75) is 19.4 Å². The third-order valence-corrected chi connectivity index (χ3v) is 3.90.